The first-order chi connectivity index (χ1) is 7.03. The lowest BCUT2D eigenvalue weighted by atomic mass is 9.89. The smallest absolute Gasteiger partial charge is 0.143 e. The van der Waals surface area contributed by atoms with Gasteiger partial charge in [0.05, 0.1) is 5.02 Å². The molecule has 0 aliphatic heterocycles. The molecule has 0 amide bonds. The van der Waals surface area contributed by atoms with Crippen molar-refractivity contribution in [1.29, 1.82) is 0 Å². The van der Waals surface area contributed by atoms with Gasteiger partial charge in [0.25, 0.3) is 0 Å². The van der Waals surface area contributed by atoms with Crippen molar-refractivity contribution < 1.29 is 4.39 Å². The largest absolute Gasteiger partial charge is 0.321 e. The lowest BCUT2D eigenvalue weighted by molar-refractivity contribution is 0.461. The van der Waals surface area contributed by atoms with Crippen LogP contribution in [0, 0.1) is 5.82 Å². The average molecular weight is 248 g/mol. The molecule has 82 valence electrons. The Balaban J connectivity index is 2.48. The Kier molecular flexibility index (Phi) is 2.93. The van der Waals surface area contributed by atoms with Crippen LogP contribution < -0.4 is 5.73 Å². The molecule has 1 aliphatic carbocycles. The molecule has 0 heterocycles. The Morgan fingerprint density at radius 3 is 2.33 bits per heavy atom. The van der Waals surface area contributed by atoms with Crippen molar-refractivity contribution >= 4 is 23.2 Å². The van der Waals surface area contributed by atoms with Crippen molar-refractivity contribution in [3.63, 3.8) is 0 Å². The highest BCUT2D eigenvalue weighted by Crippen LogP contribution is 2.40. The molecule has 0 bridgehead atoms. The topological polar surface area (TPSA) is 26.0 Å². The van der Waals surface area contributed by atoms with Crippen LogP contribution in [0.3, 0.4) is 0 Å². The molecular formula is C11H12Cl2FN. The Morgan fingerprint density at radius 1 is 1.13 bits per heavy atom. The minimum absolute atomic E-state index is 0.0890. The van der Waals surface area contributed by atoms with Crippen LogP contribution in [0.5, 0.6) is 0 Å². The number of rotatable bonds is 1. The van der Waals surface area contributed by atoms with E-state index in [1.54, 1.807) is 6.07 Å². The molecule has 0 spiro atoms. The molecule has 1 aromatic carbocycles. The van der Waals surface area contributed by atoms with E-state index in [4.69, 9.17) is 28.9 Å². The summed E-state index contributed by atoms with van der Waals surface area (Å²) >= 11 is 11.7. The summed E-state index contributed by atoms with van der Waals surface area (Å²) < 4.78 is 13.1. The van der Waals surface area contributed by atoms with E-state index in [2.05, 4.69) is 0 Å². The van der Waals surface area contributed by atoms with Crippen LogP contribution in [0.25, 0.3) is 0 Å². The van der Waals surface area contributed by atoms with Crippen molar-refractivity contribution in [2.75, 3.05) is 0 Å². The van der Waals surface area contributed by atoms with Crippen molar-refractivity contribution in [3.8, 4) is 0 Å². The van der Waals surface area contributed by atoms with Gasteiger partial charge < -0.3 is 5.73 Å². The SMILES string of the molecule is NC1(c2cc(Cl)c(F)cc2Cl)CCCC1. The standard InChI is InChI=1S/C11H12Cl2FN/c12-8-6-10(14)9(13)5-7(8)11(15)3-1-2-4-11/h5-6H,1-4,15H2. The molecule has 1 aromatic rings. The van der Waals surface area contributed by atoms with Gasteiger partial charge in [-0.1, -0.05) is 36.0 Å². The van der Waals surface area contributed by atoms with E-state index >= 15 is 0 Å². The van der Waals surface area contributed by atoms with Gasteiger partial charge in [0, 0.05) is 10.6 Å². The summed E-state index contributed by atoms with van der Waals surface area (Å²) in [6, 6.07) is 2.80. The van der Waals surface area contributed by atoms with Gasteiger partial charge in [-0.15, -0.1) is 0 Å². The molecule has 1 aliphatic rings. The molecule has 1 fully saturated rings. The zero-order chi connectivity index (χ0) is 11.1. The summed E-state index contributed by atoms with van der Waals surface area (Å²) in [7, 11) is 0. The molecule has 2 rings (SSSR count). The van der Waals surface area contributed by atoms with Gasteiger partial charge in [-0.25, -0.2) is 4.39 Å². The quantitative estimate of drug-likeness (QED) is 0.750. The van der Waals surface area contributed by atoms with Crippen LogP contribution in [0.15, 0.2) is 12.1 Å². The van der Waals surface area contributed by atoms with Gasteiger partial charge in [0.1, 0.15) is 5.82 Å². The number of halogens is 3. The van der Waals surface area contributed by atoms with E-state index in [-0.39, 0.29) is 5.02 Å². The van der Waals surface area contributed by atoms with Gasteiger partial charge >= 0.3 is 0 Å². The highest BCUT2D eigenvalue weighted by Gasteiger charge is 2.33. The molecule has 1 nitrogen and oxygen atoms in total. The van der Waals surface area contributed by atoms with Gasteiger partial charge in [-0.05, 0) is 30.5 Å². The molecule has 0 unspecified atom stereocenters. The summed E-state index contributed by atoms with van der Waals surface area (Å²) in [4.78, 5) is 0. The van der Waals surface area contributed by atoms with Crippen molar-refractivity contribution in [3.05, 3.63) is 33.6 Å². The Morgan fingerprint density at radius 2 is 1.73 bits per heavy atom. The maximum atomic E-state index is 13.1. The number of hydrogen-bond acceptors (Lipinski definition) is 1. The minimum Gasteiger partial charge on any atom is -0.321 e. The van der Waals surface area contributed by atoms with Gasteiger partial charge in [0.2, 0.25) is 0 Å². The lowest BCUT2D eigenvalue weighted by Gasteiger charge is -2.25. The van der Waals surface area contributed by atoms with E-state index in [0.717, 1.165) is 31.2 Å². The summed E-state index contributed by atoms with van der Waals surface area (Å²) in [5.74, 6) is -0.494. The van der Waals surface area contributed by atoms with Crippen LogP contribution in [0.2, 0.25) is 10.0 Å². The van der Waals surface area contributed by atoms with E-state index in [9.17, 15) is 4.39 Å². The number of benzene rings is 1. The molecule has 0 aromatic heterocycles. The van der Waals surface area contributed by atoms with Crippen LogP contribution >= 0.6 is 23.2 Å². The molecule has 2 N–H and O–H groups in total. The first-order valence-electron chi connectivity index (χ1n) is 4.97. The van der Waals surface area contributed by atoms with E-state index in [1.165, 1.54) is 6.07 Å². The van der Waals surface area contributed by atoms with E-state index in [1.807, 2.05) is 0 Å². The van der Waals surface area contributed by atoms with Crippen molar-refractivity contribution in [1.82, 2.24) is 0 Å². The van der Waals surface area contributed by atoms with Gasteiger partial charge in [-0.3, -0.25) is 0 Å². The third-order valence-corrected chi connectivity index (χ3v) is 3.64. The van der Waals surface area contributed by atoms with Crippen molar-refractivity contribution in [2.24, 2.45) is 5.73 Å². The monoisotopic (exact) mass is 247 g/mol. The maximum Gasteiger partial charge on any atom is 0.143 e. The zero-order valence-electron chi connectivity index (χ0n) is 8.19. The summed E-state index contributed by atoms with van der Waals surface area (Å²) in [6.45, 7) is 0. The second-order valence-corrected chi connectivity index (χ2v) is 4.92. The second kappa shape index (κ2) is 3.93. The average Bonchev–Trinajstić information content (AvgIpc) is 2.60. The summed E-state index contributed by atoms with van der Waals surface area (Å²) in [5, 5.41) is 0.465. The fourth-order valence-corrected chi connectivity index (χ4v) is 2.68. The molecular weight excluding hydrogens is 236 g/mol. The summed E-state index contributed by atoms with van der Waals surface area (Å²) in [5.41, 5.74) is 6.58. The van der Waals surface area contributed by atoms with Crippen molar-refractivity contribution in [2.45, 2.75) is 31.2 Å². The van der Waals surface area contributed by atoms with Crippen LogP contribution in [0.1, 0.15) is 31.2 Å². The molecule has 0 saturated heterocycles. The number of hydrogen-bond donors (Lipinski definition) is 1. The second-order valence-electron chi connectivity index (χ2n) is 4.11. The van der Waals surface area contributed by atoms with Gasteiger partial charge in [-0.2, -0.15) is 0 Å². The molecule has 1 saturated carbocycles. The Hall–Kier alpha value is -0.310. The highest BCUT2D eigenvalue weighted by molar-refractivity contribution is 6.33. The summed E-state index contributed by atoms with van der Waals surface area (Å²) in [6.07, 6.45) is 3.94. The predicted molar refractivity (Wildman–Crippen MR) is 60.8 cm³/mol. The predicted octanol–water partition coefficient (Wildman–Crippen LogP) is 3.86. The third-order valence-electron chi connectivity index (χ3n) is 3.04. The van der Waals surface area contributed by atoms with E-state index < -0.39 is 11.4 Å². The first kappa shape index (κ1) is 11.2. The zero-order valence-corrected chi connectivity index (χ0v) is 9.71. The molecule has 0 atom stereocenters. The lowest BCUT2D eigenvalue weighted by Crippen LogP contribution is -2.33. The molecule has 15 heavy (non-hydrogen) atoms. The molecule has 0 radical (unpaired) electrons. The Labute approximate surface area is 98.4 Å². The van der Waals surface area contributed by atoms with Crippen LogP contribution in [-0.4, -0.2) is 0 Å². The van der Waals surface area contributed by atoms with Crippen LogP contribution in [0.4, 0.5) is 4.39 Å². The third kappa shape index (κ3) is 1.99. The Bertz CT molecular complexity index is 386. The minimum atomic E-state index is -0.494. The van der Waals surface area contributed by atoms with E-state index in [0.29, 0.717) is 5.02 Å². The number of nitrogens with two attached hydrogens (primary N) is 1. The van der Waals surface area contributed by atoms with Gasteiger partial charge in [0.15, 0.2) is 0 Å². The maximum absolute atomic E-state index is 13.1. The normalized spacial score (nSPS) is 19.5. The fourth-order valence-electron chi connectivity index (χ4n) is 2.18. The highest BCUT2D eigenvalue weighted by atomic mass is 35.5. The van der Waals surface area contributed by atoms with Crippen LogP contribution in [-0.2, 0) is 5.54 Å². The fraction of sp³-hybridized carbons (Fsp3) is 0.455. The molecule has 4 heteroatoms. The first-order valence-corrected chi connectivity index (χ1v) is 5.72.